The number of aromatic nitrogens is 2. The van der Waals surface area contributed by atoms with Crippen LogP contribution in [-0.4, -0.2) is 33.7 Å². The first-order valence-corrected chi connectivity index (χ1v) is 9.48. The molecule has 0 aliphatic heterocycles. The van der Waals surface area contributed by atoms with Crippen molar-refractivity contribution in [1.82, 2.24) is 9.55 Å². The molecule has 3 aromatic rings. The summed E-state index contributed by atoms with van der Waals surface area (Å²) in [5.41, 5.74) is 1.82. The van der Waals surface area contributed by atoms with E-state index >= 15 is 0 Å². The zero-order valence-electron chi connectivity index (χ0n) is 14.8. The number of fused-ring (bicyclic) bond motifs is 1. The average molecular weight is 386 g/mol. The van der Waals surface area contributed by atoms with Crippen LogP contribution in [0.5, 0.6) is 5.75 Å². The van der Waals surface area contributed by atoms with Gasteiger partial charge in [0.2, 0.25) is 5.91 Å². The van der Waals surface area contributed by atoms with E-state index in [4.69, 9.17) is 4.74 Å². The molecule has 0 saturated heterocycles. The minimum atomic E-state index is -0.519. The Morgan fingerprint density at radius 1 is 1.33 bits per heavy atom. The van der Waals surface area contributed by atoms with E-state index in [0.717, 1.165) is 16.9 Å². The molecule has 1 heterocycles. The lowest BCUT2D eigenvalue weighted by Gasteiger charge is -2.12. The number of nitrogens with zero attached hydrogens (tertiary/aromatic N) is 3. The number of rotatable bonds is 7. The third-order valence-corrected chi connectivity index (χ3v) is 4.52. The molecule has 0 aliphatic rings. The first-order valence-electron chi connectivity index (χ1n) is 8.09. The third-order valence-electron chi connectivity index (χ3n) is 3.98. The van der Waals surface area contributed by atoms with Crippen molar-refractivity contribution in [3.05, 3.63) is 58.4 Å². The van der Waals surface area contributed by atoms with Crippen molar-refractivity contribution in [2.24, 2.45) is 0 Å². The van der Waals surface area contributed by atoms with Gasteiger partial charge in [-0.25, -0.2) is 4.98 Å². The molecule has 0 aliphatic carbocycles. The zero-order chi connectivity index (χ0) is 19.4. The zero-order valence-corrected chi connectivity index (χ0v) is 15.7. The van der Waals surface area contributed by atoms with E-state index < -0.39 is 4.92 Å². The van der Waals surface area contributed by atoms with Gasteiger partial charge in [0, 0.05) is 12.1 Å². The Morgan fingerprint density at radius 3 is 2.81 bits per heavy atom. The van der Waals surface area contributed by atoms with Gasteiger partial charge in [-0.05, 0) is 24.5 Å². The van der Waals surface area contributed by atoms with Crippen LogP contribution < -0.4 is 10.1 Å². The summed E-state index contributed by atoms with van der Waals surface area (Å²) >= 11 is 1.62. The highest BCUT2D eigenvalue weighted by Crippen LogP contribution is 2.29. The standard InChI is InChI=1S/C18H18N4O4S/c1-26-16-8-7-12(22(24)25)9-14(16)20-18(23)10-21-15-6-4-3-5-13(15)19-17(21)11-27-2/h3-9H,10-11H2,1-2H3,(H,20,23). The Kier molecular flexibility index (Phi) is 5.60. The summed E-state index contributed by atoms with van der Waals surface area (Å²) < 4.78 is 7.04. The van der Waals surface area contributed by atoms with E-state index in [9.17, 15) is 14.9 Å². The molecule has 0 fully saturated rings. The molecule has 0 spiro atoms. The van der Waals surface area contributed by atoms with Crippen LogP contribution in [0.2, 0.25) is 0 Å². The van der Waals surface area contributed by atoms with Gasteiger partial charge < -0.3 is 14.6 Å². The quantitative estimate of drug-likeness (QED) is 0.493. The molecule has 0 unspecified atom stereocenters. The van der Waals surface area contributed by atoms with Gasteiger partial charge in [-0.1, -0.05) is 12.1 Å². The van der Waals surface area contributed by atoms with E-state index in [1.165, 1.54) is 25.3 Å². The van der Waals surface area contributed by atoms with Crippen molar-refractivity contribution in [3.8, 4) is 5.75 Å². The smallest absolute Gasteiger partial charge is 0.271 e. The highest BCUT2D eigenvalue weighted by atomic mass is 32.2. The number of carbonyl (C=O) groups is 1. The first-order chi connectivity index (χ1) is 13.0. The van der Waals surface area contributed by atoms with Gasteiger partial charge in [0.25, 0.3) is 5.69 Å². The van der Waals surface area contributed by atoms with Gasteiger partial charge in [0.15, 0.2) is 0 Å². The van der Waals surface area contributed by atoms with Crippen LogP contribution in [0.3, 0.4) is 0 Å². The number of non-ortho nitro benzene ring substituents is 1. The fourth-order valence-corrected chi connectivity index (χ4v) is 3.26. The number of hydrogen-bond acceptors (Lipinski definition) is 6. The van der Waals surface area contributed by atoms with Gasteiger partial charge in [-0.15, -0.1) is 0 Å². The van der Waals surface area contributed by atoms with Crippen LogP contribution in [0, 0.1) is 10.1 Å². The summed E-state index contributed by atoms with van der Waals surface area (Å²) in [4.78, 5) is 27.7. The summed E-state index contributed by atoms with van der Waals surface area (Å²) in [6, 6.07) is 11.7. The maximum Gasteiger partial charge on any atom is 0.271 e. The molecule has 0 atom stereocenters. The van der Waals surface area contributed by atoms with Crippen molar-refractivity contribution < 1.29 is 14.5 Å². The lowest BCUT2D eigenvalue weighted by Crippen LogP contribution is -2.20. The number of hydrogen-bond donors (Lipinski definition) is 1. The van der Waals surface area contributed by atoms with Crippen molar-refractivity contribution in [2.45, 2.75) is 12.3 Å². The van der Waals surface area contributed by atoms with E-state index in [1.54, 1.807) is 11.8 Å². The second kappa shape index (κ2) is 8.09. The normalized spacial score (nSPS) is 10.7. The summed E-state index contributed by atoms with van der Waals surface area (Å²) in [7, 11) is 1.44. The number of para-hydroxylation sites is 2. The molecule has 9 heteroatoms. The number of anilines is 1. The SMILES string of the molecule is COc1ccc([N+](=O)[O-])cc1NC(=O)Cn1c(CSC)nc2ccccc21. The predicted molar refractivity (Wildman–Crippen MR) is 105 cm³/mol. The van der Waals surface area contributed by atoms with E-state index in [-0.39, 0.29) is 23.8 Å². The largest absolute Gasteiger partial charge is 0.495 e. The van der Waals surface area contributed by atoms with Crippen LogP contribution in [0.1, 0.15) is 5.82 Å². The molecular formula is C18H18N4O4S. The highest BCUT2D eigenvalue weighted by molar-refractivity contribution is 7.97. The lowest BCUT2D eigenvalue weighted by molar-refractivity contribution is -0.384. The van der Waals surface area contributed by atoms with Crippen LogP contribution in [0.25, 0.3) is 11.0 Å². The van der Waals surface area contributed by atoms with Gasteiger partial charge in [0.1, 0.15) is 18.1 Å². The van der Waals surface area contributed by atoms with Gasteiger partial charge in [-0.2, -0.15) is 11.8 Å². The topological polar surface area (TPSA) is 99.3 Å². The minimum absolute atomic E-state index is 0.0439. The minimum Gasteiger partial charge on any atom is -0.495 e. The summed E-state index contributed by atoms with van der Waals surface area (Å²) in [5, 5.41) is 13.7. The molecule has 1 aromatic heterocycles. The maximum absolute atomic E-state index is 12.6. The summed E-state index contributed by atoms with van der Waals surface area (Å²) in [5.74, 6) is 1.50. The fraction of sp³-hybridized carbons (Fsp3) is 0.222. The Morgan fingerprint density at radius 2 is 2.11 bits per heavy atom. The summed E-state index contributed by atoms with van der Waals surface area (Å²) in [6.07, 6.45) is 1.97. The molecule has 2 aromatic carbocycles. The van der Waals surface area contributed by atoms with Crippen LogP contribution in [0.4, 0.5) is 11.4 Å². The van der Waals surface area contributed by atoms with Crippen LogP contribution in [0.15, 0.2) is 42.5 Å². The summed E-state index contributed by atoms with van der Waals surface area (Å²) in [6.45, 7) is 0.0439. The number of nitro benzene ring substituents is 1. The molecule has 1 N–H and O–H groups in total. The number of nitrogens with one attached hydrogen (secondary N) is 1. The number of carbonyl (C=O) groups excluding carboxylic acids is 1. The number of ether oxygens (including phenoxy) is 1. The Labute approximate surface area is 159 Å². The molecule has 27 heavy (non-hydrogen) atoms. The molecule has 140 valence electrons. The number of nitro groups is 1. The second-order valence-electron chi connectivity index (χ2n) is 5.73. The van der Waals surface area contributed by atoms with Crippen molar-refractivity contribution in [1.29, 1.82) is 0 Å². The number of thioether (sulfide) groups is 1. The molecule has 8 nitrogen and oxygen atoms in total. The van der Waals surface area contributed by atoms with Crippen LogP contribution in [-0.2, 0) is 17.1 Å². The van der Waals surface area contributed by atoms with Crippen LogP contribution >= 0.6 is 11.8 Å². The Hall–Kier alpha value is -3.07. The number of imidazole rings is 1. The number of benzene rings is 2. The van der Waals surface area contributed by atoms with Crippen molar-refractivity contribution in [3.63, 3.8) is 0 Å². The monoisotopic (exact) mass is 386 g/mol. The van der Waals surface area contributed by atoms with E-state index in [2.05, 4.69) is 10.3 Å². The lowest BCUT2D eigenvalue weighted by atomic mass is 10.2. The highest BCUT2D eigenvalue weighted by Gasteiger charge is 2.16. The van der Waals surface area contributed by atoms with Crippen molar-refractivity contribution in [2.75, 3.05) is 18.7 Å². The van der Waals surface area contributed by atoms with Gasteiger partial charge >= 0.3 is 0 Å². The number of methoxy groups -OCH3 is 1. The molecule has 3 rings (SSSR count). The molecule has 0 bridgehead atoms. The predicted octanol–water partition coefficient (Wildman–Crippen LogP) is 3.45. The Balaban J connectivity index is 1.88. The average Bonchev–Trinajstić information content (AvgIpc) is 2.99. The second-order valence-corrected chi connectivity index (χ2v) is 6.59. The molecular weight excluding hydrogens is 368 g/mol. The third kappa shape index (κ3) is 4.03. The number of amides is 1. The van der Waals surface area contributed by atoms with E-state index in [0.29, 0.717) is 11.5 Å². The molecule has 0 saturated carbocycles. The van der Waals surface area contributed by atoms with E-state index in [1.807, 2.05) is 35.1 Å². The molecule has 0 radical (unpaired) electrons. The Bertz CT molecular complexity index is 1000. The fourth-order valence-electron chi connectivity index (χ4n) is 2.78. The molecule has 1 amide bonds. The van der Waals surface area contributed by atoms with Crippen molar-refractivity contribution >= 4 is 40.1 Å². The van der Waals surface area contributed by atoms with Gasteiger partial charge in [-0.3, -0.25) is 14.9 Å². The first kappa shape index (κ1) is 18.7. The van der Waals surface area contributed by atoms with Gasteiger partial charge in [0.05, 0.1) is 34.5 Å². The maximum atomic E-state index is 12.6.